The number of nitrogen functional groups attached to an aromatic ring is 1. The Morgan fingerprint density at radius 2 is 2.06 bits per heavy atom. The van der Waals surface area contributed by atoms with Gasteiger partial charge in [0.2, 0.25) is 5.88 Å². The summed E-state index contributed by atoms with van der Waals surface area (Å²) in [7, 11) is 1.66. The summed E-state index contributed by atoms with van der Waals surface area (Å²) in [6.07, 6.45) is 3.70. The lowest BCUT2D eigenvalue weighted by Gasteiger charge is -2.06. The number of ether oxygens (including phenoxy) is 3. The summed E-state index contributed by atoms with van der Waals surface area (Å²) in [5.41, 5.74) is 5.58. The molecule has 0 unspecified atom stereocenters. The lowest BCUT2D eigenvalue weighted by Crippen LogP contribution is -2.14. The largest absolute Gasteiger partial charge is 0.474 e. The molecule has 0 amide bonds. The molecule has 0 aliphatic carbocycles. The van der Waals surface area contributed by atoms with E-state index in [0.29, 0.717) is 38.0 Å². The molecule has 1 heterocycles. The van der Waals surface area contributed by atoms with Crippen LogP contribution in [0.1, 0.15) is 12.1 Å². The molecule has 1 aromatic rings. The molecule has 0 spiro atoms. The summed E-state index contributed by atoms with van der Waals surface area (Å²) >= 11 is 0. The van der Waals surface area contributed by atoms with Gasteiger partial charge < -0.3 is 19.9 Å². The SMILES string of the molecule is COCCCOCCOc1cnc(C(=N)N)cn1. The number of rotatable bonds is 9. The normalized spacial score (nSPS) is 10.3. The molecule has 100 valence electrons. The van der Waals surface area contributed by atoms with Crippen LogP contribution < -0.4 is 10.5 Å². The molecule has 0 aliphatic rings. The maximum absolute atomic E-state index is 7.16. The maximum Gasteiger partial charge on any atom is 0.232 e. The number of amidine groups is 1. The first-order valence-electron chi connectivity index (χ1n) is 5.60. The van der Waals surface area contributed by atoms with Crippen molar-refractivity contribution in [1.29, 1.82) is 5.41 Å². The fourth-order valence-electron chi connectivity index (χ4n) is 1.14. The molecule has 0 aliphatic heterocycles. The maximum atomic E-state index is 7.16. The number of nitrogens with two attached hydrogens (primary N) is 1. The first-order chi connectivity index (χ1) is 8.74. The quantitative estimate of drug-likeness (QED) is 0.370. The molecule has 0 aromatic carbocycles. The van der Waals surface area contributed by atoms with Gasteiger partial charge in [-0.1, -0.05) is 0 Å². The Labute approximate surface area is 106 Å². The summed E-state index contributed by atoms with van der Waals surface area (Å²) in [6.45, 7) is 2.23. The predicted molar refractivity (Wildman–Crippen MR) is 65.9 cm³/mol. The molecule has 0 radical (unpaired) electrons. The molecule has 0 saturated carbocycles. The smallest absolute Gasteiger partial charge is 0.232 e. The van der Waals surface area contributed by atoms with Crippen molar-refractivity contribution in [3.8, 4) is 5.88 Å². The van der Waals surface area contributed by atoms with E-state index >= 15 is 0 Å². The minimum Gasteiger partial charge on any atom is -0.474 e. The highest BCUT2D eigenvalue weighted by Crippen LogP contribution is 2.03. The zero-order valence-electron chi connectivity index (χ0n) is 10.4. The lowest BCUT2D eigenvalue weighted by molar-refractivity contribution is 0.0794. The van der Waals surface area contributed by atoms with Gasteiger partial charge in [-0.3, -0.25) is 5.41 Å². The first kappa shape index (κ1) is 14.3. The van der Waals surface area contributed by atoms with E-state index in [2.05, 4.69) is 9.97 Å². The van der Waals surface area contributed by atoms with E-state index in [4.69, 9.17) is 25.4 Å². The molecule has 1 aromatic heterocycles. The van der Waals surface area contributed by atoms with Crippen molar-refractivity contribution in [2.45, 2.75) is 6.42 Å². The summed E-state index contributed by atoms with van der Waals surface area (Å²) in [6, 6.07) is 0. The number of hydrogen-bond acceptors (Lipinski definition) is 6. The fourth-order valence-corrected chi connectivity index (χ4v) is 1.14. The summed E-state index contributed by atoms with van der Waals surface area (Å²) in [5, 5.41) is 7.16. The van der Waals surface area contributed by atoms with E-state index in [-0.39, 0.29) is 5.84 Å². The van der Waals surface area contributed by atoms with Gasteiger partial charge >= 0.3 is 0 Å². The molecule has 0 saturated heterocycles. The topological polar surface area (TPSA) is 103 Å². The molecule has 0 fully saturated rings. The third-order valence-electron chi connectivity index (χ3n) is 2.02. The van der Waals surface area contributed by atoms with Crippen molar-refractivity contribution < 1.29 is 14.2 Å². The molecule has 3 N–H and O–H groups in total. The molecule has 7 nitrogen and oxygen atoms in total. The van der Waals surface area contributed by atoms with Gasteiger partial charge in [0.05, 0.1) is 19.0 Å². The molecule has 1 rings (SSSR count). The van der Waals surface area contributed by atoms with Gasteiger partial charge in [-0.2, -0.15) is 0 Å². The third-order valence-corrected chi connectivity index (χ3v) is 2.02. The van der Waals surface area contributed by atoms with Crippen LogP contribution in [0.3, 0.4) is 0 Å². The fraction of sp³-hybridized carbons (Fsp3) is 0.545. The van der Waals surface area contributed by atoms with E-state index in [1.807, 2.05) is 0 Å². The van der Waals surface area contributed by atoms with E-state index in [9.17, 15) is 0 Å². The van der Waals surface area contributed by atoms with E-state index < -0.39 is 0 Å². The Bertz CT molecular complexity index is 356. The van der Waals surface area contributed by atoms with Crippen LogP contribution in [0.25, 0.3) is 0 Å². The average Bonchev–Trinajstić information content (AvgIpc) is 2.38. The molecule has 0 bridgehead atoms. The third kappa shape index (κ3) is 5.55. The average molecular weight is 254 g/mol. The second-order valence-corrected chi connectivity index (χ2v) is 3.46. The monoisotopic (exact) mass is 254 g/mol. The number of nitrogens with zero attached hydrogens (tertiary/aromatic N) is 2. The van der Waals surface area contributed by atoms with Crippen LogP contribution in [-0.2, 0) is 9.47 Å². The second-order valence-electron chi connectivity index (χ2n) is 3.46. The Kier molecular flexibility index (Phi) is 6.67. The van der Waals surface area contributed by atoms with Gasteiger partial charge in [-0.15, -0.1) is 0 Å². The van der Waals surface area contributed by atoms with Crippen LogP contribution >= 0.6 is 0 Å². The minimum atomic E-state index is -0.115. The van der Waals surface area contributed by atoms with Gasteiger partial charge in [0.15, 0.2) is 0 Å². The van der Waals surface area contributed by atoms with Gasteiger partial charge in [-0.05, 0) is 6.42 Å². The molecular formula is C11H18N4O3. The number of aromatic nitrogens is 2. The standard InChI is InChI=1S/C11H18N4O3/c1-16-3-2-4-17-5-6-18-10-8-14-9(7-15-10)11(12)13/h7-8H,2-6H2,1H3,(H3,12,13). The zero-order valence-corrected chi connectivity index (χ0v) is 10.4. The number of nitrogens with one attached hydrogen (secondary N) is 1. The summed E-state index contributed by atoms with van der Waals surface area (Å²) in [4.78, 5) is 7.89. The van der Waals surface area contributed by atoms with Crippen molar-refractivity contribution in [3.05, 3.63) is 18.1 Å². The van der Waals surface area contributed by atoms with Crippen LogP contribution in [0.4, 0.5) is 0 Å². The molecule has 7 heteroatoms. The lowest BCUT2D eigenvalue weighted by atomic mass is 10.4. The van der Waals surface area contributed by atoms with Crippen LogP contribution in [0.15, 0.2) is 12.4 Å². The van der Waals surface area contributed by atoms with E-state index in [0.717, 1.165) is 6.42 Å². The van der Waals surface area contributed by atoms with Crippen molar-refractivity contribution in [3.63, 3.8) is 0 Å². The number of methoxy groups -OCH3 is 1. The zero-order chi connectivity index (χ0) is 13.2. The van der Waals surface area contributed by atoms with Crippen LogP contribution in [0.5, 0.6) is 5.88 Å². The van der Waals surface area contributed by atoms with Crippen LogP contribution in [0.2, 0.25) is 0 Å². The highest BCUT2D eigenvalue weighted by Gasteiger charge is 2.00. The molecular weight excluding hydrogens is 236 g/mol. The van der Waals surface area contributed by atoms with E-state index in [1.54, 1.807) is 7.11 Å². The van der Waals surface area contributed by atoms with Crippen molar-refractivity contribution in [2.75, 3.05) is 33.5 Å². The van der Waals surface area contributed by atoms with Gasteiger partial charge in [-0.25, -0.2) is 9.97 Å². The van der Waals surface area contributed by atoms with Gasteiger partial charge in [0, 0.05) is 20.3 Å². The van der Waals surface area contributed by atoms with Crippen molar-refractivity contribution >= 4 is 5.84 Å². The Hall–Kier alpha value is -1.73. The highest BCUT2D eigenvalue weighted by atomic mass is 16.5. The van der Waals surface area contributed by atoms with E-state index in [1.165, 1.54) is 12.4 Å². The summed E-state index contributed by atoms with van der Waals surface area (Å²) in [5.74, 6) is 0.274. The minimum absolute atomic E-state index is 0.115. The van der Waals surface area contributed by atoms with Gasteiger partial charge in [0.1, 0.15) is 18.1 Å². The second kappa shape index (κ2) is 8.37. The first-order valence-corrected chi connectivity index (χ1v) is 5.60. The van der Waals surface area contributed by atoms with Crippen molar-refractivity contribution in [2.24, 2.45) is 5.73 Å². The Balaban J connectivity index is 2.14. The highest BCUT2D eigenvalue weighted by molar-refractivity contribution is 5.92. The number of hydrogen-bond donors (Lipinski definition) is 2. The molecule has 18 heavy (non-hydrogen) atoms. The Morgan fingerprint density at radius 1 is 1.22 bits per heavy atom. The van der Waals surface area contributed by atoms with Gasteiger partial charge in [0.25, 0.3) is 0 Å². The van der Waals surface area contributed by atoms with Crippen molar-refractivity contribution in [1.82, 2.24) is 9.97 Å². The Morgan fingerprint density at radius 3 is 2.67 bits per heavy atom. The predicted octanol–water partition coefficient (Wildman–Crippen LogP) is 0.193. The molecule has 0 atom stereocenters. The van der Waals surface area contributed by atoms with Crippen LogP contribution in [-0.4, -0.2) is 49.3 Å². The summed E-state index contributed by atoms with van der Waals surface area (Å²) < 4.78 is 15.5. The van der Waals surface area contributed by atoms with Crippen LogP contribution in [0, 0.1) is 5.41 Å².